The van der Waals surface area contributed by atoms with E-state index >= 15 is 0 Å². The van der Waals surface area contributed by atoms with Crippen LogP contribution in [0.5, 0.6) is 0 Å². The molecule has 0 bridgehead atoms. The maximum absolute atomic E-state index is 14.0. The molecule has 0 aliphatic heterocycles. The molecule has 132 valence electrons. The minimum atomic E-state index is -3.66. The third kappa shape index (κ3) is 4.36. The van der Waals surface area contributed by atoms with E-state index in [1.165, 1.54) is 18.2 Å². The van der Waals surface area contributed by atoms with E-state index in [0.717, 1.165) is 23.4 Å². The zero-order valence-corrected chi connectivity index (χ0v) is 14.6. The number of carbonyl (C=O) groups excluding carboxylic acids is 1. The second-order valence-electron chi connectivity index (χ2n) is 6.17. The Bertz CT molecular complexity index is 877. The Morgan fingerprint density at radius 1 is 1.16 bits per heavy atom. The first kappa shape index (κ1) is 17.4. The smallest absolute Gasteiger partial charge is 0.251 e. The van der Waals surface area contributed by atoms with Crippen LogP contribution in [0, 0.1) is 5.82 Å². The fourth-order valence-electron chi connectivity index (χ4n) is 2.46. The zero-order valence-electron chi connectivity index (χ0n) is 13.8. The standard InChI is InChI=1S/C18H19FN2O3S/c1-25(23,24)21(17-5-3-2-4-16(17)19)12-13-6-8-14(9-7-13)18(22)20-15-10-11-15/h2-9,15H,10-12H2,1H3,(H,20,22). The van der Waals surface area contributed by atoms with Crippen molar-refractivity contribution in [3.05, 3.63) is 65.5 Å². The van der Waals surface area contributed by atoms with Gasteiger partial charge in [0.15, 0.2) is 0 Å². The number of para-hydroxylation sites is 1. The second-order valence-corrected chi connectivity index (χ2v) is 8.07. The van der Waals surface area contributed by atoms with Gasteiger partial charge in [-0.3, -0.25) is 9.10 Å². The molecule has 0 saturated heterocycles. The Morgan fingerprint density at radius 2 is 1.80 bits per heavy atom. The van der Waals surface area contributed by atoms with Gasteiger partial charge in [0.25, 0.3) is 5.91 Å². The number of carbonyl (C=O) groups is 1. The lowest BCUT2D eigenvalue weighted by Gasteiger charge is -2.23. The summed E-state index contributed by atoms with van der Waals surface area (Å²) in [6, 6.07) is 12.7. The van der Waals surface area contributed by atoms with Crippen LogP contribution in [-0.4, -0.2) is 26.6 Å². The largest absolute Gasteiger partial charge is 0.349 e. The van der Waals surface area contributed by atoms with Crippen molar-refractivity contribution >= 4 is 21.6 Å². The van der Waals surface area contributed by atoms with Gasteiger partial charge in [-0.2, -0.15) is 0 Å². The molecule has 0 unspecified atom stereocenters. The number of nitrogens with one attached hydrogen (secondary N) is 1. The Hall–Kier alpha value is -2.41. The summed E-state index contributed by atoms with van der Waals surface area (Å²) >= 11 is 0. The lowest BCUT2D eigenvalue weighted by Crippen LogP contribution is -2.30. The SMILES string of the molecule is CS(=O)(=O)N(Cc1ccc(C(=O)NC2CC2)cc1)c1ccccc1F. The highest BCUT2D eigenvalue weighted by Gasteiger charge is 2.24. The van der Waals surface area contributed by atoms with Crippen LogP contribution < -0.4 is 9.62 Å². The van der Waals surface area contributed by atoms with Gasteiger partial charge in [0, 0.05) is 11.6 Å². The van der Waals surface area contributed by atoms with Gasteiger partial charge in [-0.1, -0.05) is 24.3 Å². The maximum atomic E-state index is 14.0. The van der Waals surface area contributed by atoms with Crippen molar-refractivity contribution in [3.63, 3.8) is 0 Å². The van der Waals surface area contributed by atoms with Gasteiger partial charge in [-0.15, -0.1) is 0 Å². The highest BCUT2D eigenvalue weighted by atomic mass is 32.2. The number of amides is 1. The molecule has 0 spiro atoms. The van der Waals surface area contributed by atoms with E-state index in [2.05, 4.69) is 5.32 Å². The summed E-state index contributed by atoms with van der Waals surface area (Å²) in [7, 11) is -3.66. The first-order valence-electron chi connectivity index (χ1n) is 7.96. The average molecular weight is 362 g/mol. The number of nitrogens with zero attached hydrogens (tertiary/aromatic N) is 1. The Morgan fingerprint density at radius 3 is 2.36 bits per heavy atom. The van der Waals surface area contributed by atoms with Gasteiger partial charge in [-0.05, 0) is 42.7 Å². The molecule has 1 saturated carbocycles. The molecule has 2 aromatic carbocycles. The van der Waals surface area contributed by atoms with Gasteiger partial charge in [-0.25, -0.2) is 12.8 Å². The zero-order chi connectivity index (χ0) is 18.0. The van der Waals surface area contributed by atoms with Crippen molar-refractivity contribution in [1.29, 1.82) is 0 Å². The summed E-state index contributed by atoms with van der Waals surface area (Å²) in [6.45, 7) is -0.00963. The molecule has 3 rings (SSSR count). The lowest BCUT2D eigenvalue weighted by atomic mass is 10.1. The van der Waals surface area contributed by atoms with E-state index in [-0.39, 0.29) is 24.2 Å². The normalized spacial score (nSPS) is 14.2. The summed E-state index contributed by atoms with van der Waals surface area (Å²) in [5.74, 6) is -0.739. The van der Waals surface area contributed by atoms with Crippen molar-refractivity contribution in [2.24, 2.45) is 0 Å². The molecule has 1 amide bonds. The molecular weight excluding hydrogens is 343 g/mol. The molecule has 0 atom stereocenters. The van der Waals surface area contributed by atoms with E-state index in [0.29, 0.717) is 11.1 Å². The fourth-order valence-corrected chi connectivity index (χ4v) is 3.35. The van der Waals surface area contributed by atoms with E-state index in [1.54, 1.807) is 30.3 Å². The molecule has 5 nitrogen and oxygen atoms in total. The number of anilines is 1. The van der Waals surface area contributed by atoms with Crippen LogP contribution in [0.3, 0.4) is 0 Å². The van der Waals surface area contributed by atoms with Crippen LogP contribution in [0.2, 0.25) is 0 Å². The number of halogens is 1. The first-order chi connectivity index (χ1) is 11.8. The molecule has 7 heteroatoms. The predicted octanol–water partition coefficient (Wildman–Crippen LogP) is 2.68. The predicted molar refractivity (Wildman–Crippen MR) is 94.4 cm³/mol. The molecule has 1 aliphatic carbocycles. The molecule has 1 N–H and O–H groups in total. The molecule has 1 aliphatic rings. The Labute approximate surface area is 146 Å². The highest BCUT2D eigenvalue weighted by Crippen LogP contribution is 2.24. The van der Waals surface area contributed by atoms with Crippen LogP contribution in [-0.2, 0) is 16.6 Å². The van der Waals surface area contributed by atoms with E-state index in [1.807, 2.05) is 0 Å². The second kappa shape index (κ2) is 6.84. The first-order valence-corrected chi connectivity index (χ1v) is 9.81. The summed E-state index contributed by atoms with van der Waals surface area (Å²) in [5.41, 5.74) is 1.18. The molecule has 0 radical (unpaired) electrons. The summed E-state index contributed by atoms with van der Waals surface area (Å²) in [6.07, 6.45) is 3.06. The number of benzene rings is 2. The summed E-state index contributed by atoms with van der Waals surface area (Å²) in [5, 5.41) is 2.89. The van der Waals surface area contributed by atoms with Crippen LogP contribution in [0.25, 0.3) is 0 Å². The average Bonchev–Trinajstić information content (AvgIpc) is 3.37. The fraction of sp³-hybridized carbons (Fsp3) is 0.278. The molecule has 1 fully saturated rings. The van der Waals surface area contributed by atoms with Gasteiger partial charge >= 0.3 is 0 Å². The topological polar surface area (TPSA) is 66.5 Å². The van der Waals surface area contributed by atoms with Crippen molar-refractivity contribution < 1.29 is 17.6 Å². The molecule has 0 aromatic heterocycles. The monoisotopic (exact) mass is 362 g/mol. The summed E-state index contributed by atoms with van der Waals surface area (Å²) in [4.78, 5) is 12.0. The third-order valence-electron chi connectivity index (χ3n) is 3.98. The molecule has 25 heavy (non-hydrogen) atoms. The highest BCUT2D eigenvalue weighted by molar-refractivity contribution is 7.92. The maximum Gasteiger partial charge on any atom is 0.251 e. The molecule has 0 heterocycles. The van der Waals surface area contributed by atoms with Gasteiger partial charge < -0.3 is 5.32 Å². The molecular formula is C18H19FN2O3S. The number of hydrogen-bond donors (Lipinski definition) is 1. The summed E-state index contributed by atoms with van der Waals surface area (Å²) < 4.78 is 39.2. The van der Waals surface area contributed by atoms with Crippen LogP contribution in [0.1, 0.15) is 28.8 Å². The Balaban J connectivity index is 1.80. The number of hydrogen-bond acceptors (Lipinski definition) is 3. The molecule has 2 aromatic rings. The van der Waals surface area contributed by atoms with Crippen LogP contribution in [0.15, 0.2) is 48.5 Å². The number of sulfonamides is 1. The van der Waals surface area contributed by atoms with Crippen LogP contribution in [0.4, 0.5) is 10.1 Å². The lowest BCUT2D eigenvalue weighted by molar-refractivity contribution is 0.0951. The van der Waals surface area contributed by atoms with E-state index < -0.39 is 15.8 Å². The Kier molecular flexibility index (Phi) is 4.76. The minimum absolute atomic E-state index is 0.000512. The van der Waals surface area contributed by atoms with Gasteiger partial charge in [0.1, 0.15) is 5.82 Å². The number of rotatable bonds is 6. The van der Waals surface area contributed by atoms with Crippen molar-refractivity contribution in [2.75, 3.05) is 10.6 Å². The van der Waals surface area contributed by atoms with Crippen molar-refractivity contribution in [1.82, 2.24) is 5.32 Å². The third-order valence-corrected chi connectivity index (χ3v) is 5.10. The quantitative estimate of drug-likeness (QED) is 0.859. The van der Waals surface area contributed by atoms with Gasteiger partial charge in [0.05, 0.1) is 18.5 Å². The minimum Gasteiger partial charge on any atom is -0.349 e. The van der Waals surface area contributed by atoms with Gasteiger partial charge in [0.2, 0.25) is 10.0 Å². The van der Waals surface area contributed by atoms with Crippen molar-refractivity contribution in [2.45, 2.75) is 25.4 Å². The van der Waals surface area contributed by atoms with Crippen LogP contribution >= 0.6 is 0 Å². The van der Waals surface area contributed by atoms with E-state index in [9.17, 15) is 17.6 Å². The van der Waals surface area contributed by atoms with E-state index in [4.69, 9.17) is 0 Å². The van der Waals surface area contributed by atoms with Crippen molar-refractivity contribution in [3.8, 4) is 0 Å².